The highest BCUT2D eigenvalue weighted by atomic mass is 28.4. The zero-order chi connectivity index (χ0) is 21.9. The van der Waals surface area contributed by atoms with Crippen molar-refractivity contribution in [1.29, 1.82) is 0 Å². The summed E-state index contributed by atoms with van der Waals surface area (Å²) < 4.78 is 11.2. The summed E-state index contributed by atoms with van der Waals surface area (Å²) >= 11 is 0. The molecule has 0 spiro atoms. The fourth-order valence-electron chi connectivity index (χ4n) is 3.30. The number of carboxylic acid groups (broad SMARTS) is 1. The molecule has 2 heterocycles. The summed E-state index contributed by atoms with van der Waals surface area (Å²) in [6, 6.07) is -0.639. The Labute approximate surface area is 169 Å². The van der Waals surface area contributed by atoms with Crippen molar-refractivity contribution in [3.05, 3.63) is 0 Å². The monoisotopic (exact) mass is 418 g/mol. The SMILES string of the molecule is CN1C[C@@H](O)C[C@H]1C(=O)O.COC(=O)[C@@H]1C[C@H](O[Si](C)(C)C(C)(C)C)CN1C. The van der Waals surface area contributed by atoms with Gasteiger partial charge < -0.3 is 19.4 Å². The quantitative estimate of drug-likeness (QED) is 0.522. The van der Waals surface area contributed by atoms with Crippen LogP contribution >= 0.6 is 0 Å². The van der Waals surface area contributed by atoms with Crippen LogP contribution < -0.4 is 0 Å². The average molecular weight is 419 g/mol. The van der Waals surface area contributed by atoms with Gasteiger partial charge in [0.25, 0.3) is 0 Å². The first-order valence-electron chi connectivity index (χ1n) is 9.76. The fourth-order valence-corrected chi connectivity index (χ4v) is 4.66. The Morgan fingerprint density at radius 1 is 1.04 bits per heavy atom. The van der Waals surface area contributed by atoms with Crippen molar-refractivity contribution >= 4 is 20.3 Å². The van der Waals surface area contributed by atoms with Gasteiger partial charge in [-0.15, -0.1) is 0 Å². The zero-order valence-electron chi connectivity index (χ0n) is 18.6. The topological polar surface area (TPSA) is 99.5 Å². The highest BCUT2D eigenvalue weighted by Gasteiger charge is 2.43. The summed E-state index contributed by atoms with van der Waals surface area (Å²) in [4.78, 5) is 25.7. The largest absolute Gasteiger partial charge is 0.480 e. The molecule has 2 aliphatic rings. The van der Waals surface area contributed by atoms with Gasteiger partial charge in [0.1, 0.15) is 12.1 Å². The zero-order valence-corrected chi connectivity index (χ0v) is 19.6. The van der Waals surface area contributed by atoms with Gasteiger partial charge in [0, 0.05) is 19.5 Å². The molecular weight excluding hydrogens is 380 g/mol. The highest BCUT2D eigenvalue weighted by molar-refractivity contribution is 6.74. The number of hydrogen-bond acceptors (Lipinski definition) is 7. The van der Waals surface area contributed by atoms with Crippen LogP contribution in [0.2, 0.25) is 18.1 Å². The van der Waals surface area contributed by atoms with Gasteiger partial charge in [0.2, 0.25) is 0 Å². The molecule has 0 saturated carbocycles. The van der Waals surface area contributed by atoms with E-state index >= 15 is 0 Å². The van der Waals surface area contributed by atoms with E-state index in [4.69, 9.17) is 19.4 Å². The molecule has 2 N–H and O–H groups in total. The van der Waals surface area contributed by atoms with Gasteiger partial charge in [0.05, 0.1) is 19.3 Å². The van der Waals surface area contributed by atoms with Crippen LogP contribution in [0.1, 0.15) is 33.6 Å². The van der Waals surface area contributed by atoms with Gasteiger partial charge >= 0.3 is 11.9 Å². The number of ether oxygens (including phenoxy) is 1. The molecule has 4 atom stereocenters. The lowest BCUT2D eigenvalue weighted by atomic mass is 10.2. The van der Waals surface area contributed by atoms with Crippen LogP contribution in [0.4, 0.5) is 0 Å². The highest BCUT2D eigenvalue weighted by Crippen LogP contribution is 2.38. The lowest BCUT2D eigenvalue weighted by Gasteiger charge is -2.38. The molecule has 2 fully saturated rings. The number of β-amino-alcohol motifs (C(OH)–C–C–N with tert-alkyl or cyclic N) is 1. The summed E-state index contributed by atoms with van der Waals surface area (Å²) in [5.74, 6) is -1.00. The van der Waals surface area contributed by atoms with Gasteiger partial charge in [-0.05, 0) is 38.6 Å². The van der Waals surface area contributed by atoms with E-state index in [1.54, 1.807) is 11.9 Å². The van der Waals surface area contributed by atoms with Crippen LogP contribution in [0.5, 0.6) is 0 Å². The molecule has 164 valence electrons. The minimum absolute atomic E-state index is 0.148. The molecule has 0 radical (unpaired) electrons. The van der Waals surface area contributed by atoms with Gasteiger partial charge in [-0.3, -0.25) is 19.4 Å². The number of hydrogen-bond donors (Lipinski definition) is 2. The number of aliphatic hydroxyl groups is 1. The number of aliphatic carboxylic acids is 1. The smallest absolute Gasteiger partial charge is 0.323 e. The summed E-state index contributed by atoms with van der Waals surface area (Å²) in [5.41, 5.74) is 0. The molecule has 9 heteroatoms. The second-order valence-electron chi connectivity index (χ2n) is 9.40. The van der Waals surface area contributed by atoms with Crippen LogP contribution in [0.25, 0.3) is 0 Å². The summed E-state index contributed by atoms with van der Waals surface area (Å²) in [7, 11) is 3.35. The van der Waals surface area contributed by atoms with E-state index in [2.05, 4.69) is 33.9 Å². The Kier molecular flexibility index (Phi) is 8.64. The van der Waals surface area contributed by atoms with E-state index in [9.17, 15) is 9.59 Å². The molecule has 8 nitrogen and oxygen atoms in total. The van der Waals surface area contributed by atoms with Crippen LogP contribution in [0.15, 0.2) is 0 Å². The van der Waals surface area contributed by atoms with Crippen LogP contribution in [0, 0.1) is 0 Å². The Balaban J connectivity index is 0.000000330. The second-order valence-corrected chi connectivity index (χ2v) is 14.2. The van der Waals surface area contributed by atoms with E-state index in [1.807, 2.05) is 11.9 Å². The molecule has 2 aliphatic heterocycles. The second kappa shape index (κ2) is 9.66. The number of nitrogens with zero attached hydrogens (tertiary/aromatic N) is 2. The van der Waals surface area contributed by atoms with Crippen molar-refractivity contribution < 1.29 is 29.0 Å². The predicted molar refractivity (Wildman–Crippen MR) is 110 cm³/mol. The average Bonchev–Trinajstić information content (AvgIpc) is 3.07. The molecule has 28 heavy (non-hydrogen) atoms. The molecule has 0 bridgehead atoms. The molecule has 0 aromatic heterocycles. The number of aliphatic hydroxyl groups excluding tert-OH is 1. The summed E-state index contributed by atoms with van der Waals surface area (Å²) in [5, 5.41) is 17.8. The third kappa shape index (κ3) is 6.52. The Hall–Kier alpha value is -1.00. The number of rotatable bonds is 4. The van der Waals surface area contributed by atoms with Crippen molar-refractivity contribution in [1.82, 2.24) is 9.80 Å². The maximum atomic E-state index is 11.6. The third-order valence-electron chi connectivity index (χ3n) is 6.06. The van der Waals surface area contributed by atoms with Crippen LogP contribution in [-0.2, 0) is 18.8 Å². The number of carboxylic acids is 1. The van der Waals surface area contributed by atoms with Crippen molar-refractivity contribution in [2.75, 3.05) is 34.3 Å². The standard InChI is InChI=1S/C13H27NO3Si.C6H11NO3/c1-13(2,3)18(6,7)17-10-8-11(12(15)16-5)14(4)9-10;1-7-3-4(8)2-5(7)6(9)10/h10-11H,8-9H2,1-7H3;4-5,8H,2-3H2,1H3,(H,9,10)/t10-,11-;4-,5-/m00/s1. The van der Waals surface area contributed by atoms with E-state index in [-0.39, 0.29) is 23.2 Å². The molecule has 0 amide bonds. The van der Waals surface area contributed by atoms with E-state index in [0.29, 0.717) is 13.0 Å². The summed E-state index contributed by atoms with van der Waals surface area (Å²) in [6.07, 6.45) is 0.785. The van der Waals surface area contributed by atoms with Crippen molar-refractivity contribution in [2.45, 2.75) is 76.0 Å². The maximum absolute atomic E-state index is 11.6. The number of esters is 1. The predicted octanol–water partition coefficient (Wildman–Crippen LogP) is 1.39. The molecule has 2 rings (SSSR count). The van der Waals surface area contributed by atoms with Crippen molar-refractivity contribution in [3.8, 4) is 0 Å². The number of carbonyl (C=O) groups is 2. The normalized spacial score (nSPS) is 29.3. The molecule has 0 aromatic rings. The van der Waals surface area contributed by atoms with Crippen LogP contribution in [0.3, 0.4) is 0 Å². The minimum atomic E-state index is -1.75. The Morgan fingerprint density at radius 2 is 1.57 bits per heavy atom. The van der Waals surface area contributed by atoms with Gasteiger partial charge in [-0.1, -0.05) is 20.8 Å². The molecular formula is C19H38N2O6Si. The first-order valence-corrected chi connectivity index (χ1v) is 12.7. The molecule has 2 saturated heterocycles. The van der Waals surface area contributed by atoms with E-state index in [0.717, 1.165) is 13.0 Å². The van der Waals surface area contributed by atoms with Crippen molar-refractivity contribution in [2.24, 2.45) is 0 Å². The molecule has 0 aromatic carbocycles. The molecule has 0 unspecified atom stereocenters. The Bertz CT molecular complexity index is 551. The number of likely N-dealkylation sites (N-methyl/N-ethyl adjacent to an activating group) is 2. The van der Waals surface area contributed by atoms with Gasteiger partial charge in [-0.25, -0.2) is 0 Å². The van der Waals surface area contributed by atoms with E-state index < -0.39 is 26.4 Å². The van der Waals surface area contributed by atoms with Gasteiger partial charge in [-0.2, -0.15) is 0 Å². The molecule has 0 aliphatic carbocycles. The minimum Gasteiger partial charge on any atom is -0.480 e. The number of methoxy groups -OCH3 is 1. The fraction of sp³-hybridized carbons (Fsp3) is 0.895. The number of likely N-dealkylation sites (tertiary alicyclic amines) is 2. The lowest BCUT2D eigenvalue weighted by molar-refractivity contribution is -0.145. The van der Waals surface area contributed by atoms with Crippen molar-refractivity contribution in [3.63, 3.8) is 0 Å². The van der Waals surface area contributed by atoms with E-state index in [1.165, 1.54) is 7.11 Å². The maximum Gasteiger partial charge on any atom is 0.323 e. The van der Waals surface area contributed by atoms with Gasteiger partial charge in [0.15, 0.2) is 8.32 Å². The lowest BCUT2D eigenvalue weighted by Crippen LogP contribution is -2.44. The number of carbonyl (C=O) groups excluding carboxylic acids is 1. The Morgan fingerprint density at radius 3 is 1.93 bits per heavy atom. The third-order valence-corrected chi connectivity index (χ3v) is 10.6. The summed E-state index contributed by atoms with van der Waals surface area (Å²) in [6.45, 7) is 12.5. The van der Waals surface area contributed by atoms with Crippen LogP contribution in [-0.4, -0.2) is 98.9 Å². The first-order chi connectivity index (χ1) is 12.7. The first kappa shape index (κ1) is 25.0.